The molecule has 20 heavy (non-hydrogen) atoms. The Bertz CT molecular complexity index is 571. The van der Waals surface area contributed by atoms with Crippen molar-refractivity contribution in [2.75, 3.05) is 19.6 Å². The largest absolute Gasteiger partial charge is 0.337 e. The molecule has 7 nitrogen and oxygen atoms in total. The maximum Gasteiger partial charge on any atom is 0.325 e. The minimum Gasteiger partial charge on any atom is -0.337 e. The zero-order valence-corrected chi connectivity index (χ0v) is 11.6. The molecule has 1 aromatic rings. The predicted octanol–water partition coefficient (Wildman–Crippen LogP) is -0.333. The lowest BCUT2D eigenvalue weighted by Crippen LogP contribution is -2.46. The molecule has 3 N–H and O–H groups in total. The van der Waals surface area contributed by atoms with Crippen molar-refractivity contribution in [3.05, 3.63) is 32.6 Å². The molecule has 1 atom stereocenters. The van der Waals surface area contributed by atoms with Crippen LogP contribution in [-0.2, 0) is 0 Å². The fourth-order valence-corrected chi connectivity index (χ4v) is 2.44. The van der Waals surface area contributed by atoms with Gasteiger partial charge in [-0.15, -0.1) is 0 Å². The monoisotopic (exact) mass is 280 g/mol. The van der Waals surface area contributed by atoms with Gasteiger partial charge in [0.05, 0.1) is 0 Å². The third-order valence-corrected chi connectivity index (χ3v) is 3.57. The number of nitrogens with one attached hydrogen (secondary N) is 3. The van der Waals surface area contributed by atoms with Gasteiger partial charge in [-0.25, -0.2) is 4.79 Å². The minimum absolute atomic E-state index is 0.0257. The van der Waals surface area contributed by atoms with Crippen molar-refractivity contribution in [3.63, 3.8) is 0 Å². The SMILES string of the molecule is CCN(CC1CCCCN1)C(=O)c1c[nH]c(=O)[nH]c1=O. The molecule has 1 aliphatic heterocycles. The molecule has 1 fully saturated rings. The fraction of sp³-hybridized carbons (Fsp3) is 0.615. The van der Waals surface area contributed by atoms with Gasteiger partial charge in [0, 0.05) is 25.3 Å². The summed E-state index contributed by atoms with van der Waals surface area (Å²) >= 11 is 0. The zero-order valence-electron chi connectivity index (χ0n) is 11.6. The van der Waals surface area contributed by atoms with Crippen LogP contribution in [0.2, 0.25) is 0 Å². The summed E-state index contributed by atoms with van der Waals surface area (Å²) in [5.74, 6) is -0.350. The molecule has 110 valence electrons. The van der Waals surface area contributed by atoms with Gasteiger partial charge in [-0.2, -0.15) is 0 Å². The van der Waals surface area contributed by atoms with Gasteiger partial charge < -0.3 is 15.2 Å². The molecule has 1 aromatic heterocycles. The third-order valence-electron chi connectivity index (χ3n) is 3.57. The van der Waals surface area contributed by atoms with Crippen LogP contribution in [0.25, 0.3) is 0 Å². The Hall–Kier alpha value is -1.89. The maximum atomic E-state index is 12.3. The van der Waals surface area contributed by atoms with Crippen LogP contribution >= 0.6 is 0 Å². The summed E-state index contributed by atoms with van der Waals surface area (Å²) in [7, 11) is 0. The number of carbonyl (C=O) groups excluding carboxylic acids is 1. The van der Waals surface area contributed by atoms with E-state index < -0.39 is 11.2 Å². The number of likely N-dealkylation sites (N-methyl/N-ethyl adjacent to an activating group) is 1. The topological polar surface area (TPSA) is 98.1 Å². The van der Waals surface area contributed by atoms with Crippen molar-refractivity contribution in [3.8, 4) is 0 Å². The first-order valence-corrected chi connectivity index (χ1v) is 6.96. The predicted molar refractivity (Wildman–Crippen MR) is 74.9 cm³/mol. The van der Waals surface area contributed by atoms with E-state index in [-0.39, 0.29) is 17.5 Å². The van der Waals surface area contributed by atoms with E-state index in [0.29, 0.717) is 13.1 Å². The molecule has 7 heteroatoms. The number of piperidine rings is 1. The minimum atomic E-state index is -0.645. The van der Waals surface area contributed by atoms with Gasteiger partial charge in [-0.1, -0.05) is 6.42 Å². The average Bonchev–Trinajstić information content (AvgIpc) is 2.45. The van der Waals surface area contributed by atoms with Gasteiger partial charge >= 0.3 is 5.69 Å². The number of rotatable bonds is 4. The van der Waals surface area contributed by atoms with Crippen LogP contribution in [0.5, 0.6) is 0 Å². The Kier molecular flexibility index (Phi) is 4.73. The Labute approximate surface area is 116 Å². The average molecular weight is 280 g/mol. The highest BCUT2D eigenvalue weighted by atomic mass is 16.2. The van der Waals surface area contributed by atoms with Crippen LogP contribution in [0.4, 0.5) is 0 Å². The molecule has 1 aliphatic rings. The van der Waals surface area contributed by atoms with Crippen molar-refractivity contribution < 1.29 is 4.79 Å². The van der Waals surface area contributed by atoms with Crippen LogP contribution in [0.1, 0.15) is 36.5 Å². The number of hydrogen-bond acceptors (Lipinski definition) is 4. The second-order valence-corrected chi connectivity index (χ2v) is 4.98. The fourth-order valence-electron chi connectivity index (χ4n) is 2.44. The summed E-state index contributed by atoms with van der Waals surface area (Å²) in [5, 5.41) is 3.38. The van der Waals surface area contributed by atoms with E-state index in [1.165, 1.54) is 6.20 Å². The molecule has 0 radical (unpaired) electrons. The first kappa shape index (κ1) is 14.5. The van der Waals surface area contributed by atoms with E-state index in [2.05, 4.69) is 15.3 Å². The summed E-state index contributed by atoms with van der Waals surface area (Å²) in [5.41, 5.74) is -1.28. The molecule has 0 aromatic carbocycles. The van der Waals surface area contributed by atoms with E-state index in [0.717, 1.165) is 25.8 Å². The Morgan fingerprint density at radius 2 is 2.20 bits per heavy atom. The molecule has 0 spiro atoms. The number of amides is 1. The van der Waals surface area contributed by atoms with Crippen molar-refractivity contribution in [2.45, 2.75) is 32.2 Å². The van der Waals surface area contributed by atoms with Gasteiger partial charge in [0.15, 0.2) is 0 Å². The standard InChI is InChI=1S/C13H20N4O3/c1-2-17(8-9-5-3-4-6-14-9)12(19)10-7-15-13(20)16-11(10)18/h7,9,14H,2-6,8H2,1H3,(H2,15,16,18,20). The van der Waals surface area contributed by atoms with Crippen molar-refractivity contribution >= 4 is 5.91 Å². The molecule has 1 amide bonds. The quantitative estimate of drug-likeness (QED) is 0.703. The highest BCUT2D eigenvalue weighted by Gasteiger charge is 2.22. The zero-order chi connectivity index (χ0) is 14.5. The molecule has 0 saturated carbocycles. The smallest absolute Gasteiger partial charge is 0.325 e. The summed E-state index contributed by atoms with van der Waals surface area (Å²) in [6, 6.07) is 0.273. The molecule has 1 saturated heterocycles. The highest BCUT2D eigenvalue weighted by Crippen LogP contribution is 2.09. The Morgan fingerprint density at radius 1 is 1.40 bits per heavy atom. The van der Waals surface area contributed by atoms with Crippen molar-refractivity contribution in [1.82, 2.24) is 20.2 Å². The van der Waals surface area contributed by atoms with Crippen LogP contribution in [0.15, 0.2) is 15.8 Å². The Balaban J connectivity index is 2.11. The molecule has 2 heterocycles. The Morgan fingerprint density at radius 3 is 2.80 bits per heavy atom. The van der Waals surface area contributed by atoms with Gasteiger partial charge in [-0.05, 0) is 26.3 Å². The number of aromatic nitrogens is 2. The lowest BCUT2D eigenvalue weighted by atomic mass is 10.0. The van der Waals surface area contributed by atoms with Crippen molar-refractivity contribution in [1.29, 1.82) is 0 Å². The normalized spacial score (nSPS) is 18.8. The number of nitrogens with zero attached hydrogens (tertiary/aromatic N) is 1. The molecular formula is C13H20N4O3. The molecule has 2 rings (SSSR count). The third kappa shape index (κ3) is 3.36. The molecule has 0 aliphatic carbocycles. The van der Waals surface area contributed by atoms with E-state index in [9.17, 15) is 14.4 Å². The second-order valence-electron chi connectivity index (χ2n) is 4.98. The van der Waals surface area contributed by atoms with E-state index in [1.54, 1.807) is 4.90 Å². The van der Waals surface area contributed by atoms with E-state index >= 15 is 0 Å². The summed E-state index contributed by atoms with van der Waals surface area (Å²) < 4.78 is 0. The summed E-state index contributed by atoms with van der Waals surface area (Å²) in [4.78, 5) is 41.0. The lowest BCUT2D eigenvalue weighted by Gasteiger charge is -2.29. The van der Waals surface area contributed by atoms with Gasteiger partial charge in [0.1, 0.15) is 5.56 Å². The number of H-pyrrole nitrogens is 2. The molecular weight excluding hydrogens is 260 g/mol. The lowest BCUT2D eigenvalue weighted by molar-refractivity contribution is 0.0739. The van der Waals surface area contributed by atoms with E-state index in [1.807, 2.05) is 6.92 Å². The van der Waals surface area contributed by atoms with Crippen LogP contribution in [0.3, 0.4) is 0 Å². The highest BCUT2D eigenvalue weighted by molar-refractivity contribution is 5.93. The summed E-state index contributed by atoms with van der Waals surface area (Å²) in [6.07, 6.45) is 4.53. The number of aromatic amines is 2. The van der Waals surface area contributed by atoms with Gasteiger partial charge in [0.2, 0.25) is 0 Å². The van der Waals surface area contributed by atoms with Crippen LogP contribution < -0.4 is 16.6 Å². The van der Waals surface area contributed by atoms with Crippen molar-refractivity contribution in [2.24, 2.45) is 0 Å². The number of carbonyl (C=O) groups is 1. The van der Waals surface area contributed by atoms with Crippen LogP contribution in [0, 0.1) is 0 Å². The number of hydrogen-bond donors (Lipinski definition) is 3. The molecule has 1 unspecified atom stereocenters. The first-order chi connectivity index (χ1) is 9.61. The first-order valence-electron chi connectivity index (χ1n) is 6.96. The van der Waals surface area contributed by atoms with Gasteiger partial charge in [-0.3, -0.25) is 14.6 Å². The second kappa shape index (κ2) is 6.51. The van der Waals surface area contributed by atoms with Crippen LogP contribution in [-0.4, -0.2) is 46.5 Å². The van der Waals surface area contributed by atoms with E-state index in [4.69, 9.17) is 0 Å². The summed E-state index contributed by atoms with van der Waals surface area (Å²) in [6.45, 7) is 3.94. The molecule has 0 bridgehead atoms. The van der Waals surface area contributed by atoms with Gasteiger partial charge in [0.25, 0.3) is 11.5 Å². The maximum absolute atomic E-state index is 12.3.